The minimum Gasteiger partial charge on any atom is -0.507 e. The van der Waals surface area contributed by atoms with E-state index in [2.05, 4.69) is 39.5 Å². The molecule has 0 radical (unpaired) electrons. The molecule has 0 bridgehead atoms. The van der Waals surface area contributed by atoms with Crippen LogP contribution in [-0.4, -0.2) is 10.4 Å². The van der Waals surface area contributed by atoms with Gasteiger partial charge in [-0.05, 0) is 35.8 Å². The molecule has 0 amide bonds. The number of thioether (sulfide) groups is 1. The second-order valence-corrected chi connectivity index (χ2v) is 9.45. The van der Waals surface area contributed by atoms with Gasteiger partial charge in [0.1, 0.15) is 5.75 Å². The highest BCUT2D eigenvalue weighted by Crippen LogP contribution is 2.36. The molecule has 24 heavy (non-hydrogen) atoms. The van der Waals surface area contributed by atoms with Crippen LogP contribution in [0.3, 0.4) is 0 Å². The van der Waals surface area contributed by atoms with Crippen molar-refractivity contribution in [3.05, 3.63) is 41.5 Å². The van der Waals surface area contributed by atoms with Gasteiger partial charge in [0.05, 0.1) is 0 Å². The number of hydrogen-bond donors (Lipinski definition) is 1. The molecule has 134 valence electrons. The van der Waals surface area contributed by atoms with Gasteiger partial charge >= 0.3 is 0 Å². The van der Waals surface area contributed by atoms with Crippen molar-refractivity contribution < 1.29 is 5.11 Å². The summed E-state index contributed by atoms with van der Waals surface area (Å²) in [5.74, 6) is 1.41. The van der Waals surface area contributed by atoms with Crippen LogP contribution in [0.5, 0.6) is 5.75 Å². The second-order valence-electron chi connectivity index (χ2n) is 8.16. The van der Waals surface area contributed by atoms with E-state index in [9.17, 15) is 5.11 Å². The third-order valence-electron chi connectivity index (χ3n) is 5.02. The van der Waals surface area contributed by atoms with Gasteiger partial charge in [-0.2, -0.15) is 11.8 Å². The fourth-order valence-corrected chi connectivity index (χ4v) is 4.71. The van der Waals surface area contributed by atoms with Crippen molar-refractivity contribution in [1.82, 2.24) is 0 Å². The fourth-order valence-electron chi connectivity index (χ4n) is 3.41. The van der Waals surface area contributed by atoms with Gasteiger partial charge in [-0.1, -0.05) is 71.1 Å². The van der Waals surface area contributed by atoms with Crippen molar-refractivity contribution in [3.63, 3.8) is 0 Å². The zero-order valence-electron chi connectivity index (χ0n) is 15.7. The van der Waals surface area contributed by atoms with Crippen LogP contribution in [0.1, 0.15) is 82.4 Å². The number of hydrogen-bond acceptors (Lipinski definition) is 2. The maximum atomic E-state index is 10.7. The Bertz CT molecular complexity index is 534. The number of allylic oxidation sites excluding steroid dienone is 1. The van der Waals surface area contributed by atoms with Gasteiger partial charge in [0.15, 0.2) is 0 Å². The number of phenols is 1. The van der Waals surface area contributed by atoms with Crippen molar-refractivity contribution in [2.24, 2.45) is 0 Å². The third kappa shape index (κ3) is 5.58. The Morgan fingerprint density at radius 2 is 1.67 bits per heavy atom. The molecule has 1 aliphatic rings. The number of benzene rings is 1. The summed E-state index contributed by atoms with van der Waals surface area (Å²) < 4.78 is 0. The van der Waals surface area contributed by atoms with E-state index in [1.54, 1.807) is 0 Å². The summed E-state index contributed by atoms with van der Waals surface area (Å²) in [6.07, 6.45) is 12.2. The minimum absolute atomic E-state index is 0.100. The highest BCUT2D eigenvalue weighted by Gasteiger charge is 2.19. The number of rotatable bonds is 5. The molecule has 0 unspecified atom stereocenters. The number of phenolic OH excluding ortho intramolecular Hbond substituents is 1. The monoisotopic (exact) mass is 346 g/mol. The molecule has 0 heterocycles. The smallest absolute Gasteiger partial charge is 0.123 e. The largest absolute Gasteiger partial charge is 0.507 e. The normalized spacial score (nSPS) is 17.3. The summed E-state index contributed by atoms with van der Waals surface area (Å²) in [5.41, 5.74) is 3.53. The Labute approximate surface area is 152 Å². The molecule has 0 atom stereocenters. The van der Waals surface area contributed by atoms with Crippen molar-refractivity contribution in [2.75, 3.05) is 0 Å². The molecule has 0 aromatic heterocycles. The van der Waals surface area contributed by atoms with Crippen LogP contribution in [0.25, 0.3) is 0 Å². The Hall–Kier alpha value is -0.890. The van der Waals surface area contributed by atoms with Gasteiger partial charge in [0, 0.05) is 16.6 Å². The standard InChI is InChI=1S/C22H34OS/c1-5-11-17-14-19(22(2,3)4)15-18(21(17)23)16-24-20-12-9-7-6-8-10-13-20/h5,14-15,20,23H,1,6-13,16H2,2-4H3. The summed E-state index contributed by atoms with van der Waals surface area (Å²) in [5, 5.41) is 11.4. The van der Waals surface area contributed by atoms with Crippen LogP contribution >= 0.6 is 11.8 Å². The van der Waals surface area contributed by atoms with Crippen molar-refractivity contribution >= 4 is 11.8 Å². The molecular formula is C22H34OS. The SMILES string of the molecule is C=CCc1cc(C(C)(C)C)cc(CSC2CCCCCCC2)c1O. The van der Waals surface area contributed by atoms with E-state index in [1.165, 1.54) is 50.5 Å². The average molecular weight is 347 g/mol. The first-order valence-corrected chi connectivity index (χ1v) is 10.5. The lowest BCUT2D eigenvalue weighted by atomic mass is 9.84. The Balaban J connectivity index is 2.15. The van der Waals surface area contributed by atoms with E-state index in [-0.39, 0.29) is 5.41 Å². The molecule has 1 aromatic rings. The maximum absolute atomic E-state index is 10.7. The highest BCUT2D eigenvalue weighted by molar-refractivity contribution is 7.99. The molecular weight excluding hydrogens is 312 g/mol. The molecule has 0 aliphatic heterocycles. The first-order valence-electron chi connectivity index (χ1n) is 9.49. The number of aromatic hydroxyl groups is 1. The van der Waals surface area contributed by atoms with Gasteiger partial charge in [-0.3, -0.25) is 0 Å². The first kappa shape index (κ1) is 19.4. The fraction of sp³-hybridized carbons (Fsp3) is 0.636. The predicted octanol–water partition coefficient (Wildman–Crippen LogP) is 6.76. The Kier molecular flexibility index (Phi) is 7.28. The second kappa shape index (κ2) is 8.99. The molecule has 1 saturated carbocycles. The molecule has 1 nitrogen and oxygen atoms in total. The maximum Gasteiger partial charge on any atom is 0.123 e. The zero-order chi connectivity index (χ0) is 17.6. The summed E-state index contributed by atoms with van der Waals surface area (Å²) in [6, 6.07) is 4.37. The van der Waals surface area contributed by atoms with Crippen molar-refractivity contribution in [1.29, 1.82) is 0 Å². The highest BCUT2D eigenvalue weighted by atomic mass is 32.2. The third-order valence-corrected chi connectivity index (χ3v) is 6.45. The van der Waals surface area contributed by atoms with Crippen LogP contribution in [0.4, 0.5) is 0 Å². The van der Waals surface area contributed by atoms with Gasteiger partial charge < -0.3 is 5.11 Å². The van der Waals surface area contributed by atoms with E-state index in [0.717, 1.165) is 28.6 Å². The molecule has 1 fully saturated rings. The van der Waals surface area contributed by atoms with E-state index in [4.69, 9.17) is 0 Å². The summed E-state index contributed by atoms with van der Waals surface area (Å²) in [6.45, 7) is 10.6. The predicted molar refractivity (Wildman–Crippen MR) is 108 cm³/mol. The lowest BCUT2D eigenvalue weighted by Crippen LogP contribution is -2.12. The van der Waals surface area contributed by atoms with Gasteiger partial charge in [0.25, 0.3) is 0 Å². The topological polar surface area (TPSA) is 20.2 Å². The zero-order valence-corrected chi connectivity index (χ0v) is 16.6. The lowest BCUT2D eigenvalue weighted by molar-refractivity contribution is 0.463. The van der Waals surface area contributed by atoms with Crippen LogP contribution in [0.2, 0.25) is 0 Å². The van der Waals surface area contributed by atoms with E-state index < -0.39 is 0 Å². The van der Waals surface area contributed by atoms with E-state index in [1.807, 2.05) is 17.8 Å². The van der Waals surface area contributed by atoms with Crippen molar-refractivity contribution in [2.45, 2.75) is 88.6 Å². The van der Waals surface area contributed by atoms with Crippen molar-refractivity contribution in [3.8, 4) is 5.75 Å². The quantitative estimate of drug-likeness (QED) is 0.594. The summed E-state index contributed by atoms with van der Waals surface area (Å²) in [4.78, 5) is 0. The van der Waals surface area contributed by atoms with Gasteiger partial charge in [0.2, 0.25) is 0 Å². The molecule has 2 heteroatoms. The van der Waals surface area contributed by atoms with Crippen LogP contribution in [0.15, 0.2) is 24.8 Å². The average Bonchev–Trinajstić information content (AvgIpc) is 2.48. The molecule has 0 saturated heterocycles. The van der Waals surface area contributed by atoms with Crippen LogP contribution in [-0.2, 0) is 17.6 Å². The van der Waals surface area contributed by atoms with Gasteiger partial charge in [-0.25, -0.2) is 0 Å². The molecule has 1 aromatic carbocycles. The summed E-state index contributed by atoms with van der Waals surface area (Å²) in [7, 11) is 0. The first-order chi connectivity index (χ1) is 11.4. The van der Waals surface area contributed by atoms with Crippen LogP contribution in [0, 0.1) is 0 Å². The lowest BCUT2D eigenvalue weighted by Gasteiger charge is -2.23. The Morgan fingerprint density at radius 1 is 1.08 bits per heavy atom. The molecule has 0 spiro atoms. The molecule has 2 rings (SSSR count). The molecule has 1 aliphatic carbocycles. The van der Waals surface area contributed by atoms with Gasteiger partial charge in [-0.15, -0.1) is 6.58 Å². The summed E-state index contributed by atoms with van der Waals surface area (Å²) >= 11 is 2.05. The molecule has 1 N–H and O–H groups in total. The minimum atomic E-state index is 0.100. The van der Waals surface area contributed by atoms with Crippen LogP contribution < -0.4 is 0 Å². The van der Waals surface area contributed by atoms with E-state index >= 15 is 0 Å². The van der Waals surface area contributed by atoms with E-state index in [0.29, 0.717) is 5.75 Å². The Morgan fingerprint density at radius 3 is 2.25 bits per heavy atom.